The topological polar surface area (TPSA) is 59.4 Å². The van der Waals surface area contributed by atoms with Gasteiger partial charge in [0.05, 0.1) is 12.7 Å². The second-order valence-corrected chi connectivity index (χ2v) is 5.75. The van der Waals surface area contributed by atoms with Gasteiger partial charge in [0.1, 0.15) is 11.5 Å². The molecule has 4 nitrogen and oxygen atoms in total. The Morgan fingerprint density at radius 2 is 1.80 bits per heavy atom. The first kappa shape index (κ1) is 16.7. The summed E-state index contributed by atoms with van der Waals surface area (Å²) in [5.41, 5.74) is 2.89. The molecule has 3 rings (SSSR count). The minimum atomic E-state index is -0.388. The molecular weight excluding hydrogens is 314 g/mol. The molecule has 1 aliphatic carbocycles. The second kappa shape index (κ2) is 7.62. The SMILES string of the molecule is COc1ccc(C=C2CC(=N)CC=C2OC(=O)c2ccccc2)cc1. The van der Waals surface area contributed by atoms with E-state index in [-0.39, 0.29) is 5.97 Å². The maximum atomic E-state index is 12.3. The number of nitrogens with one attached hydrogen (secondary N) is 1. The fourth-order valence-corrected chi connectivity index (χ4v) is 2.60. The van der Waals surface area contributed by atoms with Crippen molar-refractivity contribution in [2.75, 3.05) is 7.11 Å². The van der Waals surface area contributed by atoms with Crippen LogP contribution in [0.25, 0.3) is 6.08 Å². The van der Waals surface area contributed by atoms with Crippen LogP contribution in [0.2, 0.25) is 0 Å². The lowest BCUT2D eigenvalue weighted by Gasteiger charge is -2.18. The van der Waals surface area contributed by atoms with Gasteiger partial charge in [0, 0.05) is 24.1 Å². The summed E-state index contributed by atoms with van der Waals surface area (Å²) in [5.74, 6) is 0.923. The second-order valence-electron chi connectivity index (χ2n) is 5.75. The van der Waals surface area contributed by atoms with E-state index in [1.165, 1.54) is 0 Å². The number of allylic oxidation sites excluding steroid dienone is 2. The molecule has 0 saturated carbocycles. The Morgan fingerprint density at radius 3 is 2.48 bits per heavy atom. The molecular formula is C21H19NO3. The van der Waals surface area contributed by atoms with Gasteiger partial charge in [-0.15, -0.1) is 0 Å². The van der Waals surface area contributed by atoms with Gasteiger partial charge < -0.3 is 14.9 Å². The highest BCUT2D eigenvalue weighted by Gasteiger charge is 2.19. The number of carbonyl (C=O) groups excluding carboxylic acids is 1. The lowest BCUT2D eigenvalue weighted by atomic mass is 9.96. The molecule has 1 N–H and O–H groups in total. The average molecular weight is 333 g/mol. The number of ether oxygens (including phenoxy) is 2. The molecule has 2 aromatic carbocycles. The minimum absolute atomic E-state index is 0.388. The molecule has 0 fully saturated rings. The van der Waals surface area contributed by atoms with Gasteiger partial charge in [-0.3, -0.25) is 0 Å². The minimum Gasteiger partial charge on any atom is -0.497 e. The molecule has 0 bridgehead atoms. The van der Waals surface area contributed by atoms with E-state index in [1.54, 1.807) is 37.5 Å². The zero-order chi connectivity index (χ0) is 17.6. The van der Waals surface area contributed by atoms with E-state index >= 15 is 0 Å². The fraction of sp³-hybridized carbons (Fsp3) is 0.143. The van der Waals surface area contributed by atoms with E-state index in [4.69, 9.17) is 14.9 Å². The van der Waals surface area contributed by atoms with Crippen LogP contribution >= 0.6 is 0 Å². The lowest BCUT2D eigenvalue weighted by Crippen LogP contribution is -2.12. The maximum absolute atomic E-state index is 12.3. The summed E-state index contributed by atoms with van der Waals surface area (Å²) in [6.07, 6.45) is 4.70. The van der Waals surface area contributed by atoms with E-state index in [0.29, 0.717) is 29.9 Å². The van der Waals surface area contributed by atoms with E-state index in [9.17, 15) is 4.79 Å². The first-order valence-electron chi connectivity index (χ1n) is 8.04. The monoisotopic (exact) mass is 333 g/mol. The van der Waals surface area contributed by atoms with E-state index < -0.39 is 0 Å². The van der Waals surface area contributed by atoms with Crippen LogP contribution in [0, 0.1) is 5.41 Å². The highest BCUT2D eigenvalue weighted by molar-refractivity contribution is 5.93. The number of esters is 1. The molecule has 4 heteroatoms. The Balaban J connectivity index is 1.84. The summed E-state index contributed by atoms with van der Waals surface area (Å²) in [7, 11) is 1.62. The van der Waals surface area contributed by atoms with Crippen LogP contribution in [0.3, 0.4) is 0 Å². The number of methoxy groups -OCH3 is 1. The van der Waals surface area contributed by atoms with Crippen LogP contribution in [0.15, 0.2) is 72.0 Å². The third-order valence-electron chi connectivity index (χ3n) is 3.92. The number of benzene rings is 2. The van der Waals surface area contributed by atoms with Crippen LogP contribution in [-0.4, -0.2) is 18.8 Å². The summed E-state index contributed by atoms with van der Waals surface area (Å²) < 4.78 is 10.8. The number of hydrogen-bond acceptors (Lipinski definition) is 4. The molecule has 0 unspecified atom stereocenters. The van der Waals surface area contributed by atoms with Crippen molar-refractivity contribution in [2.45, 2.75) is 12.8 Å². The van der Waals surface area contributed by atoms with Gasteiger partial charge in [-0.25, -0.2) is 4.79 Å². The zero-order valence-electron chi connectivity index (χ0n) is 14.0. The molecule has 2 aromatic rings. The predicted octanol–water partition coefficient (Wildman–Crippen LogP) is 4.63. The predicted molar refractivity (Wildman–Crippen MR) is 97.9 cm³/mol. The standard InChI is InChI=1S/C21H19NO3/c1-24-19-10-7-15(8-11-19)13-17-14-18(22)9-12-20(17)25-21(23)16-5-3-2-4-6-16/h2-8,10-13,22H,9,14H2,1H3. The van der Waals surface area contributed by atoms with E-state index in [2.05, 4.69) is 0 Å². The summed E-state index contributed by atoms with van der Waals surface area (Å²) >= 11 is 0. The largest absolute Gasteiger partial charge is 0.497 e. The van der Waals surface area contributed by atoms with Gasteiger partial charge in [0.2, 0.25) is 0 Å². The van der Waals surface area contributed by atoms with Crippen molar-refractivity contribution < 1.29 is 14.3 Å². The van der Waals surface area contributed by atoms with Crippen molar-refractivity contribution in [1.82, 2.24) is 0 Å². The maximum Gasteiger partial charge on any atom is 0.343 e. The molecule has 0 spiro atoms. The summed E-state index contributed by atoms with van der Waals surface area (Å²) in [6, 6.07) is 16.5. The van der Waals surface area contributed by atoms with Crippen molar-refractivity contribution in [3.63, 3.8) is 0 Å². The molecule has 126 valence electrons. The first-order valence-corrected chi connectivity index (χ1v) is 8.04. The Labute approximate surface area is 146 Å². The van der Waals surface area contributed by atoms with E-state index in [1.807, 2.05) is 36.4 Å². The molecule has 0 amide bonds. The molecule has 1 aliphatic rings. The number of hydrogen-bond donors (Lipinski definition) is 1. The quantitative estimate of drug-likeness (QED) is 0.830. The van der Waals surface area contributed by atoms with Gasteiger partial charge >= 0.3 is 5.97 Å². The molecule has 25 heavy (non-hydrogen) atoms. The van der Waals surface area contributed by atoms with Gasteiger partial charge in [-0.2, -0.15) is 0 Å². The van der Waals surface area contributed by atoms with Crippen LogP contribution in [0.1, 0.15) is 28.8 Å². The van der Waals surface area contributed by atoms with E-state index in [0.717, 1.165) is 16.9 Å². The summed E-state index contributed by atoms with van der Waals surface area (Å²) in [5, 5.41) is 7.94. The van der Waals surface area contributed by atoms with Crippen molar-refractivity contribution in [3.05, 3.63) is 83.1 Å². The summed E-state index contributed by atoms with van der Waals surface area (Å²) in [6.45, 7) is 0. The van der Waals surface area contributed by atoms with Crippen LogP contribution in [0.5, 0.6) is 5.75 Å². The lowest BCUT2D eigenvalue weighted by molar-refractivity contribution is 0.0630. The Hall–Kier alpha value is -3.14. The zero-order valence-corrected chi connectivity index (χ0v) is 14.0. The van der Waals surface area contributed by atoms with Gasteiger partial charge in [0.15, 0.2) is 0 Å². The third-order valence-corrected chi connectivity index (χ3v) is 3.92. The normalized spacial score (nSPS) is 15.6. The van der Waals surface area contributed by atoms with Gasteiger partial charge in [-0.05, 0) is 42.0 Å². The van der Waals surface area contributed by atoms with Crippen LogP contribution in [-0.2, 0) is 4.74 Å². The molecule has 0 atom stereocenters. The Kier molecular flexibility index (Phi) is 5.09. The molecule has 0 heterocycles. The highest BCUT2D eigenvalue weighted by Crippen LogP contribution is 2.27. The fourth-order valence-electron chi connectivity index (χ4n) is 2.60. The molecule has 0 radical (unpaired) electrons. The van der Waals surface area contributed by atoms with Gasteiger partial charge in [-0.1, -0.05) is 30.3 Å². The molecule has 0 aliphatic heterocycles. The third kappa shape index (κ3) is 4.23. The smallest absolute Gasteiger partial charge is 0.343 e. The molecule has 0 aromatic heterocycles. The Morgan fingerprint density at radius 1 is 1.08 bits per heavy atom. The van der Waals surface area contributed by atoms with Crippen molar-refractivity contribution in [3.8, 4) is 5.75 Å². The van der Waals surface area contributed by atoms with Crippen LogP contribution in [0.4, 0.5) is 0 Å². The van der Waals surface area contributed by atoms with Gasteiger partial charge in [0.25, 0.3) is 0 Å². The Bertz CT molecular complexity index is 833. The molecule has 0 saturated heterocycles. The summed E-state index contributed by atoms with van der Waals surface area (Å²) in [4.78, 5) is 12.3. The van der Waals surface area contributed by atoms with Crippen molar-refractivity contribution in [1.29, 1.82) is 5.41 Å². The van der Waals surface area contributed by atoms with Crippen molar-refractivity contribution >= 4 is 17.8 Å². The first-order chi connectivity index (χ1) is 12.2. The van der Waals surface area contributed by atoms with Crippen LogP contribution < -0.4 is 4.74 Å². The highest BCUT2D eigenvalue weighted by atomic mass is 16.5. The number of rotatable bonds is 4. The number of carbonyl (C=O) groups is 1. The average Bonchev–Trinajstić information content (AvgIpc) is 2.65. The van der Waals surface area contributed by atoms with Crippen molar-refractivity contribution in [2.24, 2.45) is 0 Å².